The second-order valence-electron chi connectivity index (χ2n) is 11.5. The van der Waals surface area contributed by atoms with Gasteiger partial charge >= 0.3 is 0 Å². The molecule has 1 aromatic rings. The van der Waals surface area contributed by atoms with Gasteiger partial charge in [0.1, 0.15) is 17.3 Å². The van der Waals surface area contributed by atoms with Crippen LogP contribution in [0, 0.1) is 27.2 Å². The van der Waals surface area contributed by atoms with Gasteiger partial charge in [0, 0.05) is 11.6 Å². The first-order valence-electron chi connectivity index (χ1n) is 12.6. The normalized spacial score (nSPS) is 27.0. The first-order chi connectivity index (χ1) is 15.1. The smallest absolute Gasteiger partial charge is 0.258 e. The second-order valence-corrected chi connectivity index (χ2v) is 18.0. The highest BCUT2D eigenvalue weighted by Gasteiger charge is 2.48. The van der Waals surface area contributed by atoms with Gasteiger partial charge in [-0.05, 0) is 107 Å². The summed E-state index contributed by atoms with van der Waals surface area (Å²) in [5, 5.41) is 10.9. The molecule has 4 saturated carbocycles. The van der Waals surface area contributed by atoms with Gasteiger partial charge in [-0.1, -0.05) is 41.5 Å². The van der Waals surface area contributed by atoms with E-state index in [9.17, 15) is 5.11 Å². The number of allylic oxidation sites excluding steroid dienone is 1. The average molecular weight is 569 g/mol. The zero-order chi connectivity index (χ0) is 23.4. The first kappa shape index (κ1) is 24.4. The lowest BCUT2D eigenvalue weighted by atomic mass is 9.54. The molecule has 4 aliphatic rings. The third kappa shape index (κ3) is 4.03. The van der Waals surface area contributed by atoms with Gasteiger partial charge in [-0.2, -0.15) is 0 Å². The van der Waals surface area contributed by atoms with E-state index in [4.69, 9.17) is 9.16 Å². The van der Waals surface area contributed by atoms with Crippen molar-refractivity contribution >= 4 is 36.7 Å². The Hall–Kier alpha value is -0.693. The van der Waals surface area contributed by atoms with E-state index in [1.807, 2.05) is 13.2 Å². The number of phenols is 1. The molecule has 0 saturated heterocycles. The van der Waals surface area contributed by atoms with Crippen LogP contribution in [0.25, 0.3) is 5.76 Å². The lowest BCUT2D eigenvalue weighted by Crippen LogP contribution is -2.50. The van der Waals surface area contributed by atoms with E-state index >= 15 is 0 Å². The van der Waals surface area contributed by atoms with E-state index < -0.39 is 8.32 Å². The molecule has 0 amide bonds. The molecule has 1 aromatic carbocycles. The largest absolute Gasteiger partial charge is 0.543 e. The number of aromatic hydroxyl groups is 1. The molecule has 4 aliphatic carbocycles. The van der Waals surface area contributed by atoms with Crippen LogP contribution in [0.2, 0.25) is 16.6 Å². The number of phenolic OH excluding ortho intramolecular Hbond substituents is 1. The number of halogens is 1. The summed E-state index contributed by atoms with van der Waals surface area (Å²) in [6.45, 7) is 13.8. The van der Waals surface area contributed by atoms with Crippen LogP contribution in [0.15, 0.2) is 17.7 Å². The van der Waals surface area contributed by atoms with E-state index in [-0.39, 0.29) is 0 Å². The minimum Gasteiger partial charge on any atom is -0.543 e. The molecule has 5 rings (SSSR count). The van der Waals surface area contributed by atoms with Crippen molar-refractivity contribution in [1.29, 1.82) is 0 Å². The molecule has 4 fully saturated rings. The van der Waals surface area contributed by atoms with Crippen molar-refractivity contribution in [3.8, 4) is 11.5 Å². The molecule has 178 valence electrons. The molecule has 0 heterocycles. The third-order valence-electron chi connectivity index (χ3n) is 8.76. The molecule has 1 N–H and O–H groups in total. The van der Waals surface area contributed by atoms with Gasteiger partial charge in [-0.25, -0.2) is 0 Å². The van der Waals surface area contributed by atoms with Gasteiger partial charge in [0.25, 0.3) is 8.32 Å². The van der Waals surface area contributed by atoms with Crippen molar-refractivity contribution in [2.75, 3.05) is 7.11 Å². The number of hydrogen-bond acceptors (Lipinski definition) is 3. The molecule has 0 radical (unpaired) electrons. The maximum Gasteiger partial charge on any atom is 0.258 e. The second kappa shape index (κ2) is 9.16. The molecule has 0 atom stereocenters. The van der Waals surface area contributed by atoms with Crippen LogP contribution in [-0.4, -0.2) is 20.5 Å². The Kier molecular flexibility index (Phi) is 6.99. The fourth-order valence-electron chi connectivity index (χ4n) is 7.81. The van der Waals surface area contributed by atoms with Crippen LogP contribution in [-0.2, 0) is 4.74 Å². The zero-order valence-electron chi connectivity index (χ0n) is 20.9. The molecule has 0 unspecified atom stereocenters. The monoisotopic (exact) mass is 568 g/mol. The summed E-state index contributed by atoms with van der Waals surface area (Å²) in [5.74, 6) is 5.25. The zero-order valence-corrected chi connectivity index (χ0v) is 24.0. The molecule has 5 heteroatoms. The van der Waals surface area contributed by atoms with Crippen molar-refractivity contribution in [2.24, 2.45) is 23.7 Å². The van der Waals surface area contributed by atoms with E-state index in [0.29, 0.717) is 34.2 Å². The van der Waals surface area contributed by atoms with Gasteiger partial charge in [-0.3, -0.25) is 0 Å². The quantitative estimate of drug-likeness (QED) is 0.204. The van der Waals surface area contributed by atoms with Crippen molar-refractivity contribution in [3.05, 3.63) is 26.8 Å². The van der Waals surface area contributed by atoms with E-state index in [1.54, 1.807) is 0 Å². The standard InChI is InChI=1S/C27H41IO3Si/c1-15(2)32(16(3)4,17(5)6)31-22-13-23(26(28)24(29)14-22)27(30-7)25-20-9-18-8-19(11-20)12-21(25)10-18/h13-21,29H,8-12H2,1-7H3. The summed E-state index contributed by atoms with van der Waals surface area (Å²) >= 11 is 2.28. The van der Waals surface area contributed by atoms with E-state index in [2.05, 4.69) is 70.2 Å². The maximum atomic E-state index is 10.9. The summed E-state index contributed by atoms with van der Waals surface area (Å²) in [6, 6.07) is 3.99. The third-order valence-corrected chi connectivity index (χ3v) is 15.9. The van der Waals surface area contributed by atoms with Gasteiger partial charge in [-0.15, -0.1) is 0 Å². The molecule has 0 spiro atoms. The maximum absolute atomic E-state index is 10.9. The van der Waals surface area contributed by atoms with Gasteiger partial charge in [0.2, 0.25) is 0 Å². The lowest BCUT2D eigenvalue weighted by molar-refractivity contribution is 0.0675. The lowest BCUT2D eigenvalue weighted by Gasteiger charge is -2.51. The molecular formula is C27H41IO3Si. The summed E-state index contributed by atoms with van der Waals surface area (Å²) < 4.78 is 14.0. The Morgan fingerprint density at radius 1 is 0.906 bits per heavy atom. The highest BCUT2D eigenvalue weighted by molar-refractivity contribution is 14.1. The van der Waals surface area contributed by atoms with E-state index in [0.717, 1.165) is 32.5 Å². The highest BCUT2D eigenvalue weighted by atomic mass is 127. The minimum absolute atomic E-state index is 0.302. The molecule has 32 heavy (non-hydrogen) atoms. The van der Waals surface area contributed by atoms with Gasteiger partial charge < -0.3 is 14.3 Å². The Labute approximate surface area is 209 Å². The van der Waals surface area contributed by atoms with Crippen LogP contribution in [0.5, 0.6) is 11.5 Å². The summed E-state index contributed by atoms with van der Waals surface area (Å²) in [6.07, 6.45) is 6.71. The van der Waals surface area contributed by atoms with Crippen molar-refractivity contribution < 1.29 is 14.3 Å². The Morgan fingerprint density at radius 2 is 1.41 bits per heavy atom. The van der Waals surface area contributed by atoms with Crippen LogP contribution < -0.4 is 4.43 Å². The molecule has 0 aromatic heterocycles. The molecular weight excluding hydrogens is 527 g/mol. The number of ether oxygens (including phenoxy) is 1. The molecule has 4 bridgehead atoms. The fraction of sp³-hybridized carbons (Fsp3) is 0.704. The SMILES string of the molecule is COC(=C1C2CC3CC(C2)CC1C3)c1cc(O[Si](C(C)C)(C(C)C)C(C)C)cc(O)c1I. The van der Waals surface area contributed by atoms with Crippen LogP contribution >= 0.6 is 22.6 Å². The van der Waals surface area contributed by atoms with E-state index in [1.165, 1.54) is 37.7 Å². The predicted octanol–water partition coefficient (Wildman–Crippen LogP) is 8.36. The van der Waals surface area contributed by atoms with Crippen LogP contribution in [0.1, 0.15) is 79.2 Å². The number of rotatable bonds is 7. The Morgan fingerprint density at radius 3 is 1.84 bits per heavy atom. The van der Waals surface area contributed by atoms with Crippen molar-refractivity contribution in [3.63, 3.8) is 0 Å². The first-order valence-corrected chi connectivity index (χ1v) is 15.8. The Balaban J connectivity index is 1.79. The predicted molar refractivity (Wildman–Crippen MR) is 143 cm³/mol. The summed E-state index contributed by atoms with van der Waals surface area (Å²) in [7, 11) is -0.304. The van der Waals surface area contributed by atoms with Crippen molar-refractivity contribution in [2.45, 2.75) is 90.3 Å². The average Bonchev–Trinajstić information content (AvgIpc) is 2.70. The minimum atomic E-state index is -2.11. The Bertz CT molecular complexity index is 837. The van der Waals surface area contributed by atoms with Crippen LogP contribution in [0.3, 0.4) is 0 Å². The molecule has 3 nitrogen and oxygen atoms in total. The van der Waals surface area contributed by atoms with Gasteiger partial charge in [0.15, 0.2) is 0 Å². The summed E-state index contributed by atoms with van der Waals surface area (Å²) in [4.78, 5) is 0. The topological polar surface area (TPSA) is 38.7 Å². The van der Waals surface area contributed by atoms with Crippen molar-refractivity contribution in [1.82, 2.24) is 0 Å². The number of methoxy groups -OCH3 is 1. The van der Waals surface area contributed by atoms with Gasteiger partial charge in [0.05, 0.1) is 10.7 Å². The van der Waals surface area contributed by atoms with Crippen LogP contribution in [0.4, 0.5) is 0 Å². The number of benzene rings is 1. The fourth-order valence-corrected chi connectivity index (χ4v) is 13.6. The molecule has 0 aliphatic heterocycles. The summed E-state index contributed by atoms with van der Waals surface area (Å²) in [5.41, 5.74) is 3.99. The number of hydrogen-bond donors (Lipinski definition) is 1. The highest BCUT2D eigenvalue weighted by Crippen LogP contribution is 2.58.